The van der Waals surface area contributed by atoms with Gasteiger partial charge < -0.3 is 4.90 Å². The summed E-state index contributed by atoms with van der Waals surface area (Å²) in [5.74, 6) is -0.0786. The Morgan fingerprint density at radius 3 is 2.62 bits per heavy atom. The Labute approximate surface area is 129 Å². The number of hydrogen-bond acceptors (Lipinski definition) is 4. The maximum absolute atomic E-state index is 12.5. The number of hydrogen-bond donors (Lipinski definition) is 0. The van der Waals surface area contributed by atoms with E-state index in [0.29, 0.717) is 37.6 Å². The van der Waals surface area contributed by atoms with Crippen molar-refractivity contribution < 1.29 is 13.2 Å². The fraction of sp³-hybridized carbons (Fsp3) is 0.667. The van der Waals surface area contributed by atoms with E-state index in [1.807, 2.05) is 0 Å². The highest BCUT2D eigenvalue weighted by atomic mass is 35.5. The molecule has 118 valence electrons. The van der Waals surface area contributed by atoms with Crippen LogP contribution in [0.4, 0.5) is 0 Å². The van der Waals surface area contributed by atoms with Crippen LogP contribution in [0, 0.1) is 0 Å². The molecule has 1 aromatic heterocycles. The Morgan fingerprint density at radius 2 is 2.05 bits per heavy atom. The van der Waals surface area contributed by atoms with Gasteiger partial charge in [-0.05, 0) is 13.3 Å². The van der Waals surface area contributed by atoms with Crippen LogP contribution in [0.1, 0.15) is 19.4 Å². The van der Waals surface area contributed by atoms with Gasteiger partial charge in [0.25, 0.3) is 0 Å². The molecule has 0 saturated carbocycles. The lowest BCUT2D eigenvalue weighted by atomic mass is 10.2. The Morgan fingerprint density at radius 1 is 1.33 bits per heavy atom. The van der Waals surface area contributed by atoms with Gasteiger partial charge in [-0.15, -0.1) is 0 Å². The van der Waals surface area contributed by atoms with Gasteiger partial charge >= 0.3 is 0 Å². The summed E-state index contributed by atoms with van der Waals surface area (Å²) in [6.07, 6.45) is 4.91. The molecular weight excluding hydrogens is 316 g/mol. The number of aromatic nitrogens is 2. The zero-order valence-electron chi connectivity index (χ0n) is 12.1. The number of carbonyl (C=O) groups excluding carboxylic acids is 1. The summed E-state index contributed by atoms with van der Waals surface area (Å²) >= 11 is 5.81. The lowest BCUT2D eigenvalue weighted by Crippen LogP contribution is -2.39. The third kappa shape index (κ3) is 3.96. The quantitative estimate of drug-likeness (QED) is 0.811. The molecule has 1 amide bonds. The monoisotopic (exact) mass is 334 g/mol. The van der Waals surface area contributed by atoms with Crippen LogP contribution < -0.4 is 0 Å². The summed E-state index contributed by atoms with van der Waals surface area (Å²) in [4.78, 5) is 14.2. The lowest BCUT2D eigenvalue weighted by Gasteiger charge is -2.24. The summed E-state index contributed by atoms with van der Waals surface area (Å²) in [6, 6.07) is -0.456. The van der Waals surface area contributed by atoms with Crippen LogP contribution in [0.3, 0.4) is 0 Å². The van der Waals surface area contributed by atoms with Crippen molar-refractivity contribution in [2.45, 2.75) is 19.4 Å². The molecule has 7 nitrogen and oxygen atoms in total. The first-order chi connectivity index (χ1) is 9.79. The van der Waals surface area contributed by atoms with Crippen molar-refractivity contribution in [3.63, 3.8) is 0 Å². The summed E-state index contributed by atoms with van der Waals surface area (Å²) < 4.78 is 26.1. The van der Waals surface area contributed by atoms with E-state index in [1.54, 1.807) is 18.0 Å². The summed E-state index contributed by atoms with van der Waals surface area (Å²) in [7, 11) is -3.21. The Balaban J connectivity index is 2.03. The van der Waals surface area contributed by atoms with E-state index >= 15 is 0 Å². The van der Waals surface area contributed by atoms with E-state index < -0.39 is 16.1 Å². The van der Waals surface area contributed by atoms with E-state index in [4.69, 9.17) is 11.6 Å². The predicted octanol–water partition coefficient (Wildman–Crippen LogP) is 0.591. The molecule has 0 N–H and O–H groups in total. The number of amides is 1. The summed E-state index contributed by atoms with van der Waals surface area (Å²) in [6.45, 7) is 3.47. The SMILES string of the molecule is CC(C(=O)N1CCCN(S(C)(=O)=O)CC1)n1cc(Cl)cn1. The summed E-state index contributed by atoms with van der Waals surface area (Å²) in [5, 5.41) is 4.52. The highest BCUT2D eigenvalue weighted by molar-refractivity contribution is 7.88. The Kier molecular flexibility index (Phi) is 4.90. The standard InChI is InChI=1S/C12H19ClN4O3S/c1-10(17-9-11(13)8-14-17)12(18)15-4-3-5-16(7-6-15)21(2,19)20/h8-10H,3-7H2,1-2H3. The minimum absolute atomic E-state index is 0.0786. The highest BCUT2D eigenvalue weighted by Gasteiger charge is 2.27. The van der Waals surface area contributed by atoms with Crippen molar-refractivity contribution in [1.82, 2.24) is 19.0 Å². The van der Waals surface area contributed by atoms with E-state index in [9.17, 15) is 13.2 Å². The van der Waals surface area contributed by atoms with Gasteiger partial charge in [-0.1, -0.05) is 11.6 Å². The van der Waals surface area contributed by atoms with Gasteiger partial charge in [0, 0.05) is 32.4 Å². The van der Waals surface area contributed by atoms with E-state index in [-0.39, 0.29) is 5.91 Å². The second-order valence-electron chi connectivity index (χ2n) is 5.16. The van der Waals surface area contributed by atoms with Crippen LogP contribution in [0.15, 0.2) is 12.4 Å². The number of rotatable bonds is 3. The van der Waals surface area contributed by atoms with Crippen LogP contribution in [0.5, 0.6) is 0 Å². The molecule has 21 heavy (non-hydrogen) atoms. The minimum Gasteiger partial charge on any atom is -0.339 e. The van der Waals surface area contributed by atoms with Crippen molar-refractivity contribution in [2.24, 2.45) is 0 Å². The molecule has 0 spiro atoms. The maximum Gasteiger partial charge on any atom is 0.247 e. The molecule has 0 aliphatic carbocycles. The molecule has 0 aromatic carbocycles. The number of sulfonamides is 1. The van der Waals surface area contributed by atoms with Gasteiger partial charge in [0.2, 0.25) is 15.9 Å². The second-order valence-corrected chi connectivity index (χ2v) is 7.57. The van der Waals surface area contributed by atoms with Gasteiger partial charge in [0.15, 0.2) is 0 Å². The lowest BCUT2D eigenvalue weighted by molar-refractivity contribution is -0.134. The second kappa shape index (κ2) is 6.33. The molecule has 9 heteroatoms. The molecule has 1 saturated heterocycles. The average Bonchev–Trinajstić information content (AvgIpc) is 2.69. The molecule has 2 rings (SSSR count). The topological polar surface area (TPSA) is 75.5 Å². The smallest absolute Gasteiger partial charge is 0.247 e. The first kappa shape index (κ1) is 16.3. The normalized spacial score (nSPS) is 19.3. The molecule has 1 fully saturated rings. The molecule has 1 aromatic rings. The fourth-order valence-corrected chi connectivity index (χ4v) is 3.37. The largest absolute Gasteiger partial charge is 0.339 e. The van der Waals surface area contributed by atoms with Gasteiger partial charge in [0.1, 0.15) is 6.04 Å². The zero-order valence-corrected chi connectivity index (χ0v) is 13.6. The molecular formula is C12H19ClN4O3S. The highest BCUT2D eigenvalue weighted by Crippen LogP contribution is 2.15. The van der Waals surface area contributed by atoms with Crippen molar-refractivity contribution in [3.05, 3.63) is 17.4 Å². The third-order valence-corrected chi connectivity index (χ3v) is 5.06. The van der Waals surface area contributed by atoms with Crippen molar-refractivity contribution in [3.8, 4) is 0 Å². The molecule has 1 unspecified atom stereocenters. The van der Waals surface area contributed by atoms with Crippen LogP contribution in [0.25, 0.3) is 0 Å². The predicted molar refractivity (Wildman–Crippen MR) is 79.6 cm³/mol. The first-order valence-corrected chi connectivity index (χ1v) is 8.95. The van der Waals surface area contributed by atoms with Crippen LogP contribution in [-0.2, 0) is 14.8 Å². The molecule has 1 atom stereocenters. The molecule has 0 radical (unpaired) electrons. The van der Waals surface area contributed by atoms with Crippen LogP contribution >= 0.6 is 11.6 Å². The third-order valence-electron chi connectivity index (χ3n) is 3.56. The average molecular weight is 335 g/mol. The summed E-state index contributed by atoms with van der Waals surface area (Å²) in [5.41, 5.74) is 0. The van der Waals surface area contributed by atoms with Gasteiger partial charge in [0.05, 0.1) is 17.5 Å². The van der Waals surface area contributed by atoms with Crippen molar-refractivity contribution in [1.29, 1.82) is 0 Å². The molecule has 1 aliphatic rings. The van der Waals surface area contributed by atoms with Gasteiger partial charge in [-0.3, -0.25) is 9.48 Å². The molecule has 1 aliphatic heterocycles. The van der Waals surface area contributed by atoms with Crippen LogP contribution in [-0.4, -0.2) is 65.7 Å². The first-order valence-electron chi connectivity index (χ1n) is 6.72. The van der Waals surface area contributed by atoms with Crippen molar-refractivity contribution in [2.75, 3.05) is 32.4 Å². The number of halogens is 1. The zero-order chi connectivity index (χ0) is 15.6. The molecule has 0 bridgehead atoms. The van der Waals surface area contributed by atoms with Crippen molar-refractivity contribution >= 4 is 27.5 Å². The molecule has 2 heterocycles. The van der Waals surface area contributed by atoms with E-state index in [1.165, 1.54) is 21.4 Å². The maximum atomic E-state index is 12.5. The Bertz CT molecular complexity index is 616. The van der Waals surface area contributed by atoms with Gasteiger partial charge in [-0.2, -0.15) is 5.10 Å². The number of nitrogens with zero attached hydrogens (tertiary/aromatic N) is 4. The fourth-order valence-electron chi connectivity index (χ4n) is 2.35. The van der Waals surface area contributed by atoms with E-state index in [0.717, 1.165) is 0 Å². The van der Waals surface area contributed by atoms with Gasteiger partial charge in [-0.25, -0.2) is 12.7 Å². The Hall–Kier alpha value is -1.12. The number of carbonyl (C=O) groups is 1. The minimum atomic E-state index is -3.21. The van der Waals surface area contributed by atoms with Crippen LogP contribution in [0.2, 0.25) is 5.02 Å². The van der Waals surface area contributed by atoms with E-state index in [2.05, 4.69) is 5.10 Å².